The molecule has 1 saturated carbocycles. The van der Waals surface area contributed by atoms with E-state index in [0.29, 0.717) is 6.04 Å². The summed E-state index contributed by atoms with van der Waals surface area (Å²) >= 11 is 0. The minimum Gasteiger partial charge on any atom is -0.392 e. The highest BCUT2D eigenvalue weighted by atomic mass is 16.3. The van der Waals surface area contributed by atoms with Crippen LogP contribution in [0.3, 0.4) is 0 Å². The second kappa shape index (κ2) is 3.18. The van der Waals surface area contributed by atoms with Crippen molar-refractivity contribution < 1.29 is 5.11 Å². The minimum atomic E-state index is -0.189. The molecule has 0 radical (unpaired) electrons. The zero-order valence-electron chi connectivity index (χ0n) is 5.93. The van der Waals surface area contributed by atoms with Gasteiger partial charge in [0.15, 0.2) is 0 Å². The Morgan fingerprint density at radius 3 is 2.67 bits per heavy atom. The third-order valence-electron chi connectivity index (χ3n) is 1.81. The first kappa shape index (κ1) is 7.03. The summed E-state index contributed by atoms with van der Waals surface area (Å²) in [7, 11) is 0. The molecule has 0 aromatic heterocycles. The molecule has 1 aliphatic rings. The molecular formula is C7H15NO. The van der Waals surface area contributed by atoms with Crippen molar-refractivity contribution in [3.05, 3.63) is 0 Å². The molecular weight excluding hydrogens is 114 g/mol. The van der Waals surface area contributed by atoms with Crippen LogP contribution in [-0.4, -0.2) is 23.8 Å². The number of aliphatic hydroxyl groups is 1. The van der Waals surface area contributed by atoms with Crippen molar-refractivity contribution in [3.8, 4) is 0 Å². The van der Waals surface area contributed by atoms with Crippen molar-refractivity contribution in [1.29, 1.82) is 0 Å². The molecule has 0 spiro atoms. The molecule has 0 amide bonds. The first-order valence-electron chi connectivity index (χ1n) is 3.70. The van der Waals surface area contributed by atoms with Crippen LogP contribution < -0.4 is 5.32 Å². The lowest BCUT2D eigenvalue weighted by atomic mass is 9.93. The van der Waals surface area contributed by atoms with Gasteiger partial charge in [0.2, 0.25) is 0 Å². The molecule has 1 fully saturated rings. The summed E-state index contributed by atoms with van der Waals surface area (Å²) in [6.45, 7) is 2.57. The van der Waals surface area contributed by atoms with Gasteiger partial charge < -0.3 is 10.4 Å². The average molecular weight is 129 g/mol. The highest BCUT2D eigenvalue weighted by Gasteiger charge is 2.16. The van der Waals surface area contributed by atoms with Crippen molar-refractivity contribution in [1.82, 2.24) is 5.32 Å². The Kier molecular flexibility index (Phi) is 2.49. The topological polar surface area (TPSA) is 32.3 Å². The van der Waals surface area contributed by atoms with Crippen LogP contribution in [0.25, 0.3) is 0 Å². The van der Waals surface area contributed by atoms with Crippen LogP contribution in [0.5, 0.6) is 0 Å². The highest BCUT2D eigenvalue weighted by molar-refractivity contribution is 4.76. The van der Waals surface area contributed by atoms with Gasteiger partial charge in [0.05, 0.1) is 6.10 Å². The maximum Gasteiger partial charge on any atom is 0.0636 e. The van der Waals surface area contributed by atoms with E-state index >= 15 is 0 Å². The molecule has 0 saturated heterocycles. The monoisotopic (exact) mass is 129 g/mol. The zero-order chi connectivity index (χ0) is 6.69. The van der Waals surface area contributed by atoms with E-state index in [4.69, 9.17) is 5.11 Å². The van der Waals surface area contributed by atoms with Gasteiger partial charge in [-0.25, -0.2) is 0 Å². The normalized spacial score (nSPS) is 23.3. The van der Waals surface area contributed by atoms with E-state index < -0.39 is 0 Å². The van der Waals surface area contributed by atoms with Crippen molar-refractivity contribution in [2.75, 3.05) is 6.54 Å². The molecule has 1 aliphatic carbocycles. The molecule has 0 heterocycles. The Balaban J connectivity index is 1.91. The number of aliphatic hydroxyl groups excluding tert-OH is 1. The van der Waals surface area contributed by atoms with Crippen LogP contribution in [0, 0.1) is 0 Å². The number of hydrogen-bond donors (Lipinski definition) is 2. The first-order chi connectivity index (χ1) is 4.29. The SMILES string of the molecule is C[C@@H](O)CNC1CCC1. The van der Waals surface area contributed by atoms with Gasteiger partial charge in [0, 0.05) is 12.6 Å². The molecule has 2 heteroatoms. The molecule has 0 bridgehead atoms. The van der Waals surface area contributed by atoms with Gasteiger partial charge in [0.25, 0.3) is 0 Å². The molecule has 1 rings (SSSR count). The van der Waals surface area contributed by atoms with E-state index in [0.717, 1.165) is 6.54 Å². The van der Waals surface area contributed by atoms with Crippen LogP contribution in [0.4, 0.5) is 0 Å². The molecule has 9 heavy (non-hydrogen) atoms. The lowest BCUT2D eigenvalue weighted by Gasteiger charge is -2.27. The maximum absolute atomic E-state index is 8.86. The van der Waals surface area contributed by atoms with E-state index in [9.17, 15) is 0 Å². The van der Waals surface area contributed by atoms with Gasteiger partial charge in [-0.3, -0.25) is 0 Å². The molecule has 2 nitrogen and oxygen atoms in total. The summed E-state index contributed by atoms with van der Waals surface area (Å²) in [6, 6.07) is 0.708. The summed E-state index contributed by atoms with van der Waals surface area (Å²) in [5.41, 5.74) is 0. The summed E-state index contributed by atoms with van der Waals surface area (Å²) < 4.78 is 0. The number of rotatable bonds is 3. The van der Waals surface area contributed by atoms with Crippen molar-refractivity contribution >= 4 is 0 Å². The third kappa shape index (κ3) is 2.33. The Bertz CT molecular complexity index is 79.0. The molecule has 0 aliphatic heterocycles. The van der Waals surface area contributed by atoms with Gasteiger partial charge in [-0.2, -0.15) is 0 Å². The van der Waals surface area contributed by atoms with E-state index in [-0.39, 0.29) is 6.10 Å². The largest absolute Gasteiger partial charge is 0.392 e. The summed E-state index contributed by atoms with van der Waals surface area (Å²) in [5, 5.41) is 12.1. The molecule has 0 aromatic rings. The van der Waals surface area contributed by atoms with E-state index in [1.165, 1.54) is 19.3 Å². The van der Waals surface area contributed by atoms with E-state index in [1.807, 2.05) is 6.92 Å². The zero-order valence-corrected chi connectivity index (χ0v) is 5.93. The molecule has 1 atom stereocenters. The summed E-state index contributed by atoms with van der Waals surface area (Å²) in [4.78, 5) is 0. The smallest absolute Gasteiger partial charge is 0.0636 e. The first-order valence-corrected chi connectivity index (χ1v) is 3.70. The summed E-state index contributed by atoms with van der Waals surface area (Å²) in [5.74, 6) is 0. The Morgan fingerprint density at radius 1 is 1.67 bits per heavy atom. The van der Waals surface area contributed by atoms with Crippen LogP contribution in [0.1, 0.15) is 26.2 Å². The van der Waals surface area contributed by atoms with E-state index in [1.54, 1.807) is 0 Å². The van der Waals surface area contributed by atoms with Gasteiger partial charge >= 0.3 is 0 Å². The van der Waals surface area contributed by atoms with Crippen molar-refractivity contribution in [2.24, 2.45) is 0 Å². The van der Waals surface area contributed by atoms with Crippen LogP contribution >= 0.6 is 0 Å². The van der Waals surface area contributed by atoms with Gasteiger partial charge in [-0.15, -0.1) is 0 Å². The maximum atomic E-state index is 8.86. The highest BCUT2D eigenvalue weighted by Crippen LogP contribution is 2.17. The van der Waals surface area contributed by atoms with Gasteiger partial charge in [0.1, 0.15) is 0 Å². The quantitative estimate of drug-likeness (QED) is 0.582. The Labute approximate surface area is 56.3 Å². The average Bonchev–Trinajstić information content (AvgIpc) is 1.60. The fraction of sp³-hybridized carbons (Fsp3) is 1.00. The number of hydrogen-bond acceptors (Lipinski definition) is 2. The fourth-order valence-corrected chi connectivity index (χ4v) is 0.950. The minimum absolute atomic E-state index is 0.189. The van der Waals surface area contributed by atoms with Crippen LogP contribution in [0.15, 0.2) is 0 Å². The fourth-order valence-electron chi connectivity index (χ4n) is 0.950. The Morgan fingerprint density at radius 2 is 2.33 bits per heavy atom. The molecule has 54 valence electrons. The second-order valence-electron chi connectivity index (χ2n) is 2.89. The van der Waals surface area contributed by atoms with E-state index in [2.05, 4.69) is 5.32 Å². The lowest BCUT2D eigenvalue weighted by molar-refractivity contribution is 0.176. The van der Waals surface area contributed by atoms with Gasteiger partial charge in [-0.1, -0.05) is 6.42 Å². The standard InChI is InChI=1S/C7H15NO/c1-6(9)5-8-7-3-2-4-7/h6-9H,2-5H2,1H3/t6-/m1/s1. The summed E-state index contributed by atoms with van der Waals surface area (Å²) in [6.07, 6.45) is 3.77. The predicted molar refractivity (Wildman–Crippen MR) is 37.3 cm³/mol. The molecule has 0 unspecified atom stereocenters. The Hall–Kier alpha value is -0.0800. The molecule has 2 N–H and O–H groups in total. The lowest BCUT2D eigenvalue weighted by Crippen LogP contribution is -2.38. The van der Waals surface area contributed by atoms with Gasteiger partial charge in [-0.05, 0) is 19.8 Å². The van der Waals surface area contributed by atoms with Crippen LogP contribution in [0.2, 0.25) is 0 Å². The molecule has 0 aromatic carbocycles. The van der Waals surface area contributed by atoms with Crippen molar-refractivity contribution in [2.45, 2.75) is 38.3 Å². The van der Waals surface area contributed by atoms with Crippen LogP contribution in [-0.2, 0) is 0 Å². The van der Waals surface area contributed by atoms with Crippen molar-refractivity contribution in [3.63, 3.8) is 0 Å². The predicted octanol–water partition coefficient (Wildman–Crippen LogP) is 0.509. The third-order valence-corrected chi connectivity index (χ3v) is 1.81. The number of nitrogens with one attached hydrogen (secondary N) is 1. The second-order valence-corrected chi connectivity index (χ2v) is 2.89.